The highest BCUT2D eigenvalue weighted by atomic mass is 79.9. The molecule has 0 aliphatic heterocycles. The summed E-state index contributed by atoms with van der Waals surface area (Å²) < 4.78 is 26.0. The Morgan fingerprint density at radius 1 is 1.38 bits per heavy atom. The van der Waals surface area contributed by atoms with Crippen LogP contribution in [0.5, 0.6) is 0 Å². The summed E-state index contributed by atoms with van der Waals surface area (Å²) >= 11 is 14.7. The summed E-state index contributed by atoms with van der Waals surface area (Å²) in [4.78, 5) is 0.167. The lowest BCUT2D eigenvalue weighted by Gasteiger charge is -2.08. The predicted octanol–water partition coefficient (Wildman–Crippen LogP) is 3.06. The number of sulfonamides is 1. The molecule has 1 aromatic rings. The minimum atomic E-state index is -3.52. The molecule has 0 radical (unpaired) electrons. The van der Waals surface area contributed by atoms with Crippen LogP contribution in [0.3, 0.4) is 0 Å². The predicted molar refractivity (Wildman–Crippen MR) is 70.0 cm³/mol. The first kappa shape index (κ1) is 14.3. The van der Waals surface area contributed by atoms with Gasteiger partial charge < -0.3 is 0 Å². The van der Waals surface area contributed by atoms with Crippen molar-refractivity contribution in [1.82, 2.24) is 4.72 Å². The van der Waals surface area contributed by atoms with Gasteiger partial charge in [-0.25, -0.2) is 13.1 Å². The van der Waals surface area contributed by atoms with Gasteiger partial charge in [-0.15, -0.1) is 0 Å². The van der Waals surface area contributed by atoms with E-state index in [9.17, 15) is 8.42 Å². The summed E-state index contributed by atoms with van der Waals surface area (Å²) in [5.41, 5.74) is 0. The van der Waals surface area contributed by atoms with Gasteiger partial charge in [0.1, 0.15) is 0 Å². The number of halogens is 3. The number of benzene rings is 1. The summed E-state index contributed by atoms with van der Waals surface area (Å²) in [7, 11) is -3.52. The van der Waals surface area contributed by atoms with Gasteiger partial charge in [0, 0.05) is 11.4 Å². The zero-order chi connectivity index (χ0) is 12.3. The van der Waals surface area contributed by atoms with Gasteiger partial charge in [-0.3, -0.25) is 0 Å². The zero-order valence-electron chi connectivity index (χ0n) is 8.38. The Hall–Kier alpha value is 0.190. The SMILES string of the molecule is CC(Br)CNS(=O)(=O)c1ccc(Cl)c(Cl)c1. The molecule has 0 spiro atoms. The van der Waals surface area contributed by atoms with E-state index in [4.69, 9.17) is 23.2 Å². The molecule has 0 aromatic heterocycles. The van der Waals surface area contributed by atoms with Gasteiger partial charge in [0.25, 0.3) is 0 Å². The lowest BCUT2D eigenvalue weighted by molar-refractivity contribution is 0.581. The van der Waals surface area contributed by atoms with Gasteiger partial charge >= 0.3 is 0 Å². The van der Waals surface area contributed by atoms with Crippen molar-refractivity contribution in [2.75, 3.05) is 6.54 Å². The highest BCUT2D eigenvalue weighted by molar-refractivity contribution is 9.09. The van der Waals surface area contributed by atoms with Crippen LogP contribution in [0.15, 0.2) is 23.1 Å². The van der Waals surface area contributed by atoms with Crippen LogP contribution in [0.25, 0.3) is 0 Å². The average molecular weight is 347 g/mol. The number of hydrogen-bond donors (Lipinski definition) is 1. The number of nitrogens with one attached hydrogen (secondary N) is 1. The van der Waals surface area contributed by atoms with Crippen LogP contribution in [0, 0.1) is 0 Å². The summed E-state index contributed by atoms with van der Waals surface area (Å²) in [5, 5.41) is 0.547. The Morgan fingerprint density at radius 2 is 2.00 bits per heavy atom. The first-order chi connectivity index (χ1) is 7.33. The molecule has 0 bridgehead atoms. The van der Waals surface area contributed by atoms with Crippen molar-refractivity contribution in [3.05, 3.63) is 28.2 Å². The van der Waals surface area contributed by atoms with Crippen molar-refractivity contribution >= 4 is 49.2 Å². The van der Waals surface area contributed by atoms with Crippen molar-refractivity contribution < 1.29 is 8.42 Å². The fourth-order valence-electron chi connectivity index (χ4n) is 0.952. The Labute approximate surface area is 113 Å². The molecule has 1 atom stereocenters. The molecule has 0 saturated carbocycles. The van der Waals surface area contributed by atoms with Gasteiger partial charge in [0.05, 0.1) is 14.9 Å². The highest BCUT2D eigenvalue weighted by Crippen LogP contribution is 2.24. The molecule has 1 rings (SSSR count). The van der Waals surface area contributed by atoms with Crippen molar-refractivity contribution in [3.63, 3.8) is 0 Å². The summed E-state index contributed by atoms with van der Waals surface area (Å²) in [6.07, 6.45) is 0. The maximum absolute atomic E-state index is 11.8. The molecule has 0 aliphatic rings. The van der Waals surface area contributed by atoms with E-state index < -0.39 is 10.0 Å². The first-order valence-electron chi connectivity index (χ1n) is 4.41. The van der Waals surface area contributed by atoms with Crippen LogP contribution >= 0.6 is 39.1 Å². The monoisotopic (exact) mass is 345 g/mol. The lowest BCUT2D eigenvalue weighted by Crippen LogP contribution is -2.28. The van der Waals surface area contributed by atoms with Gasteiger partial charge in [-0.1, -0.05) is 46.1 Å². The molecule has 0 amide bonds. The van der Waals surface area contributed by atoms with Crippen molar-refractivity contribution in [1.29, 1.82) is 0 Å². The van der Waals surface area contributed by atoms with Crippen LogP contribution in [-0.4, -0.2) is 19.8 Å². The highest BCUT2D eigenvalue weighted by Gasteiger charge is 2.15. The molecule has 1 unspecified atom stereocenters. The van der Waals surface area contributed by atoms with Crippen LogP contribution in [0.2, 0.25) is 10.0 Å². The van der Waals surface area contributed by atoms with E-state index in [-0.39, 0.29) is 14.7 Å². The summed E-state index contributed by atoms with van der Waals surface area (Å²) in [5.74, 6) is 0. The molecule has 0 fully saturated rings. The maximum Gasteiger partial charge on any atom is 0.240 e. The fourth-order valence-corrected chi connectivity index (χ4v) is 2.85. The fraction of sp³-hybridized carbons (Fsp3) is 0.333. The van der Waals surface area contributed by atoms with Gasteiger partial charge in [-0.2, -0.15) is 0 Å². The molecule has 0 saturated heterocycles. The second kappa shape index (κ2) is 5.69. The second-order valence-corrected chi connectivity index (χ2v) is 7.35. The summed E-state index contributed by atoms with van der Waals surface area (Å²) in [6.45, 7) is 2.15. The van der Waals surface area contributed by atoms with Crippen molar-refractivity contribution in [2.45, 2.75) is 16.6 Å². The normalized spacial score (nSPS) is 13.8. The Balaban J connectivity index is 2.94. The van der Waals surface area contributed by atoms with E-state index in [1.165, 1.54) is 18.2 Å². The summed E-state index contributed by atoms with van der Waals surface area (Å²) in [6, 6.07) is 4.19. The van der Waals surface area contributed by atoms with Crippen LogP contribution in [0.4, 0.5) is 0 Å². The van der Waals surface area contributed by atoms with E-state index >= 15 is 0 Å². The molecular weight excluding hydrogens is 337 g/mol. The molecule has 3 nitrogen and oxygen atoms in total. The Bertz CT molecular complexity index is 476. The first-order valence-corrected chi connectivity index (χ1v) is 7.57. The molecule has 90 valence electrons. The quantitative estimate of drug-likeness (QED) is 0.851. The standard InChI is InChI=1S/C9H10BrCl2NO2S/c1-6(10)5-13-16(14,15)7-2-3-8(11)9(12)4-7/h2-4,6,13H,5H2,1H3. The van der Waals surface area contributed by atoms with Crippen LogP contribution in [0.1, 0.15) is 6.92 Å². The van der Waals surface area contributed by atoms with E-state index in [0.29, 0.717) is 11.6 Å². The van der Waals surface area contributed by atoms with Crippen LogP contribution in [-0.2, 0) is 10.0 Å². The largest absolute Gasteiger partial charge is 0.240 e. The molecule has 1 aromatic carbocycles. The Morgan fingerprint density at radius 3 is 2.50 bits per heavy atom. The van der Waals surface area contributed by atoms with E-state index in [2.05, 4.69) is 20.7 Å². The molecule has 0 heterocycles. The molecule has 0 aliphatic carbocycles. The van der Waals surface area contributed by atoms with Gasteiger partial charge in [-0.05, 0) is 18.2 Å². The molecular formula is C9H10BrCl2NO2S. The smallest absolute Gasteiger partial charge is 0.210 e. The number of alkyl halides is 1. The number of hydrogen-bond acceptors (Lipinski definition) is 2. The van der Waals surface area contributed by atoms with Crippen molar-refractivity contribution in [2.24, 2.45) is 0 Å². The van der Waals surface area contributed by atoms with Crippen LogP contribution < -0.4 is 4.72 Å². The number of rotatable bonds is 4. The minimum Gasteiger partial charge on any atom is -0.210 e. The zero-order valence-corrected chi connectivity index (χ0v) is 12.3. The van der Waals surface area contributed by atoms with Gasteiger partial charge in [0.15, 0.2) is 0 Å². The second-order valence-electron chi connectivity index (χ2n) is 3.21. The molecule has 1 N–H and O–H groups in total. The molecule has 16 heavy (non-hydrogen) atoms. The molecule has 7 heteroatoms. The maximum atomic E-state index is 11.8. The topological polar surface area (TPSA) is 46.2 Å². The average Bonchev–Trinajstić information content (AvgIpc) is 2.19. The third kappa shape index (κ3) is 3.89. The minimum absolute atomic E-state index is 0.0602. The van der Waals surface area contributed by atoms with E-state index in [0.717, 1.165) is 0 Å². The third-order valence-corrected chi connectivity index (χ3v) is 4.24. The Kier molecular flexibility index (Phi) is 5.07. The lowest BCUT2D eigenvalue weighted by atomic mass is 10.4. The van der Waals surface area contributed by atoms with E-state index in [1.807, 2.05) is 6.92 Å². The third-order valence-electron chi connectivity index (χ3n) is 1.76. The van der Waals surface area contributed by atoms with Gasteiger partial charge in [0.2, 0.25) is 10.0 Å². The van der Waals surface area contributed by atoms with E-state index in [1.54, 1.807) is 0 Å². The van der Waals surface area contributed by atoms with Crippen molar-refractivity contribution in [3.8, 4) is 0 Å².